The number of likely N-dealkylation sites (tertiary alicyclic amines) is 1. The highest BCUT2D eigenvalue weighted by Crippen LogP contribution is 2.33. The predicted molar refractivity (Wildman–Crippen MR) is 125 cm³/mol. The number of fused-ring (bicyclic) bond motifs is 1. The van der Waals surface area contributed by atoms with Gasteiger partial charge >= 0.3 is 0 Å². The van der Waals surface area contributed by atoms with Crippen molar-refractivity contribution in [3.63, 3.8) is 0 Å². The zero-order valence-electron chi connectivity index (χ0n) is 20.2. The van der Waals surface area contributed by atoms with Crippen LogP contribution in [-0.4, -0.2) is 96.6 Å². The lowest BCUT2D eigenvalue weighted by Gasteiger charge is -2.42. The number of rotatable bonds is 6. The molecule has 0 radical (unpaired) electrons. The number of nitrogens with zero attached hydrogens (tertiary/aromatic N) is 2. The molecule has 0 spiro atoms. The van der Waals surface area contributed by atoms with E-state index in [1.54, 1.807) is 11.8 Å². The Kier molecular flexibility index (Phi) is 8.08. The van der Waals surface area contributed by atoms with Crippen molar-refractivity contribution >= 4 is 11.8 Å². The quantitative estimate of drug-likeness (QED) is 0.631. The maximum absolute atomic E-state index is 12.3. The van der Waals surface area contributed by atoms with Crippen LogP contribution >= 0.6 is 0 Å². The number of benzene rings is 1. The van der Waals surface area contributed by atoms with E-state index in [-0.39, 0.29) is 30.6 Å². The Morgan fingerprint density at radius 2 is 1.94 bits per heavy atom. The number of hydrogen-bond donors (Lipinski definition) is 2. The van der Waals surface area contributed by atoms with Crippen molar-refractivity contribution in [2.24, 2.45) is 0 Å². The van der Waals surface area contributed by atoms with Gasteiger partial charge in [0.05, 0.1) is 37.6 Å². The molecule has 1 aromatic rings. The molecule has 3 heterocycles. The summed E-state index contributed by atoms with van der Waals surface area (Å²) in [7, 11) is 0. The van der Waals surface area contributed by atoms with Gasteiger partial charge in [-0.2, -0.15) is 0 Å². The minimum atomic E-state index is -1.05. The number of hydrogen-bond acceptors (Lipinski definition) is 7. The first-order valence-electron chi connectivity index (χ1n) is 12.2. The molecule has 34 heavy (non-hydrogen) atoms. The molecule has 0 saturated carbocycles. The standard InChI is InChI=1S/C25H37N3O6/c1-18(29)26-23-16-34-22-4-3-9-28(21(22)14-25(23,2)31)15-19-5-7-20(8-6-19)33-17-24(30)27-10-12-32-13-11-27/h5-8,21-23,31H,3-4,9-17H2,1-2H3,(H,26,29)/t21-,22-,23-,25-/m1/s1. The van der Waals surface area contributed by atoms with Crippen LogP contribution in [0, 0.1) is 0 Å². The van der Waals surface area contributed by atoms with E-state index in [0.29, 0.717) is 45.1 Å². The van der Waals surface area contributed by atoms with E-state index in [0.717, 1.165) is 31.5 Å². The summed E-state index contributed by atoms with van der Waals surface area (Å²) in [6, 6.07) is 7.49. The Morgan fingerprint density at radius 1 is 1.21 bits per heavy atom. The molecule has 4 rings (SSSR count). The minimum Gasteiger partial charge on any atom is -0.484 e. The molecule has 2 amide bonds. The summed E-state index contributed by atoms with van der Waals surface area (Å²) < 4.78 is 17.2. The van der Waals surface area contributed by atoms with Crippen LogP contribution in [0.1, 0.15) is 38.7 Å². The zero-order chi connectivity index (χ0) is 24.1. The number of morpholine rings is 1. The van der Waals surface area contributed by atoms with E-state index in [2.05, 4.69) is 10.2 Å². The monoisotopic (exact) mass is 475 g/mol. The van der Waals surface area contributed by atoms with Crippen molar-refractivity contribution in [3.8, 4) is 5.75 Å². The highest BCUT2D eigenvalue weighted by Gasteiger charge is 2.44. The molecule has 3 aliphatic rings. The number of nitrogens with one attached hydrogen (secondary N) is 1. The molecule has 188 valence electrons. The summed E-state index contributed by atoms with van der Waals surface area (Å²) in [4.78, 5) is 28.0. The minimum absolute atomic E-state index is 0.0234. The first-order valence-corrected chi connectivity index (χ1v) is 12.2. The average molecular weight is 476 g/mol. The first kappa shape index (κ1) is 24.9. The van der Waals surface area contributed by atoms with E-state index in [1.807, 2.05) is 24.3 Å². The number of carbonyl (C=O) groups is 2. The lowest BCUT2D eigenvalue weighted by Crippen LogP contribution is -2.55. The van der Waals surface area contributed by atoms with Crippen LogP contribution in [0.2, 0.25) is 0 Å². The second kappa shape index (κ2) is 11.0. The molecule has 4 atom stereocenters. The van der Waals surface area contributed by atoms with Crippen molar-refractivity contribution in [2.75, 3.05) is 46.1 Å². The van der Waals surface area contributed by atoms with Gasteiger partial charge in [-0.25, -0.2) is 0 Å². The zero-order valence-corrected chi connectivity index (χ0v) is 20.2. The molecule has 9 nitrogen and oxygen atoms in total. The molecule has 0 bridgehead atoms. The average Bonchev–Trinajstić information content (AvgIpc) is 2.95. The van der Waals surface area contributed by atoms with Crippen LogP contribution in [0.4, 0.5) is 0 Å². The third-order valence-corrected chi connectivity index (χ3v) is 7.09. The van der Waals surface area contributed by atoms with Crippen LogP contribution in [0.25, 0.3) is 0 Å². The Morgan fingerprint density at radius 3 is 2.65 bits per heavy atom. The van der Waals surface area contributed by atoms with Gasteiger partial charge in [-0.15, -0.1) is 0 Å². The molecular formula is C25H37N3O6. The molecule has 9 heteroatoms. The Labute approximate surface area is 201 Å². The van der Waals surface area contributed by atoms with E-state index in [1.165, 1.54) is 6.92 Å². The van der Waals surface area contributed by atoms with Crippen LogP contribution in [-0.2, 0) is 25.6 Å². The molecule has 0 aliphatic carbocycles. The fourth-order valence-corrected chi connectivity index (χ4v) is 5.12. The Hall–Kier alpha value is -2.20. The van der Waals surface area contributed by atoms with Crippen LogP contribution < -0.4 is 10.1 Å². The SMILES string of the molecule is CC(=O)N[C@@H]1CO[C@@H]2CCCN(Cc3ccc(OCC(=O)N4CCOCC4)cc3)[C@@H]2C[C@@]1(C)O. The smallest absolute Gasteiger partial charge is 0.260 e. The second-order valence-corrected chi connectivity index (χ2v) is 9.79. The van der Waals surface area contributed by atoms with Crippen LogP contribution in [0.15, 0.2) is 24.3 Å². The summed E-state index contributed by atoms with van der Waals surface area (Å²) in [6.07, 6.45) is 2.55. The molecule has 1 aromatic carbocycles. The molecular weight excluding hydrogens is 438 g/mol. The van der Waals surface area contributed by atoms with Crippen LogP contribution in [0.5, 0.6) is 5.75 Å². The highest BCUT2D eigenvalue weighted by molar-refractivity contribution is 5.77. The van der Waals surface area contributed by atoms with Gasteiger partial charge in [-0.05, 0) is 50.4 Å². The summed E-state index contributed by atoms with van der Waals surface area (Å²) in [6.45, 7) is 7.63. The molecule has 0 unspecified atom stereocenters. The van der Waals surface area contributed by atoms with Crippen molar-refractivity contribution in [1.29, 1.82) is 0 Å². The van der Waals surface area contributed by atoms with Crippen molar-refractivity contribution in [3.05, 3.63) is 29.8 Å². The largest absolute Gasteiger partial charge is 0.484 e. The van der Waals surface area contributed by atoms with Gasteiger partial charge in [0.25, 0.3) is 5.91 Å². The lowest BCUT2D eigenvalue weighted by molar-refractivity contribution is -0.137. The Bertz CT molecular complexity index is 840. The molecule has 2 N–H and O–H groups in total. The van der Waals surface area contributed by atoms with E-state index >= 15 is 0 Å². The topological polar surface area (TPSA) is 101 Å². The number of ether oxygens (including phenoxy) is 3. The number of carbonyl (C=O) groups excluding carboxylic acids is 2. The van der Waals surface area contributed by atoms with Gasteiger partial charge in [0.2, 0.25) is 5.91 Å². The number of aliphatic hydroxyl groups is 1. The summed E-state index contributed by atoms with van der Waals surface area (Å²) in [5, 5.41) is 14.0. The molecule has 3 aliphatic heterocycles. The molecule has 0 aromatic heterocycles. The van der Waals surface area contributed by atoms with Gasteiger partial charge in [-0.1, -0.05) is 12.1 Å². The lowest BCUT2D eigenvalue weighted by atomic mass is 9.85. The van der Waals surface area contributed by atoms with Crippen molar-refractivity contribution < 1.29 is 28.9 Å². The van der Waals surface area contributed by atoms with Crippen molar-refractivity contribution in [1.82, 2.24) is 15.1 Å². The first-order chi connectivity index (χ1) is 16.3. The van der Waals surface area contributed by atoms with Crippen molar-refractivity contribution in [2.45, 2.75) is 63.4 Å². The summed E-state index contributed by atoms with van der Waals surface area (Å²) in [5.41, 5.74) is 0.0839. The highest BCUT2D eigenvalue weighted by atomic mass is 16.5. The maximum atomic E-state index is 12.3. The summed E-state index contributed by atoms with van der Waals surface area (Å²) in [5.74, 6) is 0.482. The fourth-order valence-electron chi connectivity index (χ4n) is 5.12. The van der Waals surface area contributed by atoms with Crippen LogP contribution in [0.3, 0.4) is 0 Å². The van der Waals surface area contributed by atoms with E-state index in [4.69, 9.17) is 14.2 Å². The number of piperidine rings is 1. The van der Waals surface area contributed by atoms with Gasteiger partial charge in [0, 0.05) is 32.6 Å². The molecule has 3 fully saturated rings. The van der Waals surface area contributed by atoms with Gasteiger partial charge in [0.15, 0.2) is 6.61 Å². The number of amides is 2. The van der Waals surface area contributed by atoms with E-state index in [9.17, 15) is 14.7 Å². The predicted octanol–water partition coefficient (Wildman–Crippen LogP) is 0.933. The fraction of sp³-hybridized carbons (Fsp3) is 0.680. The second-order valence-electron chi connectivity index (χ2n) is 9.79. The summed E-state index contributed by atoms with van der Waals surface area (Å²) >= 11 is 0. The maximum Gasteiger partial charge on any atom is 0.260 e. The van der Waals surface area contributed by atoms with E-state index < -0.39 is 11.6 Å². The normalized spacial score (nSPS) is 30.2. The van der Waals surface area contributed by atoms with Gasteiger partial charge in [0.1, 0.15) is 5.75 Å². The van der Waals surface area contributed by atoms with Gasteiger partial charge < -0.3 is 29.5 Å². The Balaban J connectivity index is 1.34. The third kappa shape index (κ3) is 6.27. The van der Waals surface area contributed by atoms with Gasteiger partial charge in [-0.3, -0.25) is 14.5 Å². The molecule has 3 saturated heterocycles. The third-order valence-electron chi connectivity index (χ3n) is 7.09.